The van der Waals surface area contributed by atoms with Crippen molar-refractivity contribution in [2.75, 3.05) is 0 Å². The predicted octanol–water partition coefficient (Wildman–Crippen LogP) is 4.48. The molecule has 13 heavy (non-hydrogen) atoms. The van der Waals surface area contributed by atoms with Crippen molar-refractivity contribution in [1.82, 2.24) is 0 Å². The van der Waals surface area contributed by atoms with Crippen molar-refractivity contribution in [2.24, 2.45) is 0 Å². The van der Waals surface area contributed by atoms with E-state index in [0.29, 0.717) is 5.56 Å². The van der Waals surface area contributed by atoms with Gasteiger partial charge in [-0.2, -0.15) is 0 Å². The van der Waals surface area contributed by atoms with Gasteiger partial charge in [0.25, 0.3) is 0 Å². The smallest absolute Gasteiger partial charge is 0.0784 e. The molecule has 1 aromatic carbocycles. The third-order valence-corrected chi connectivity index (χ3v) is 2.42. The summed E-state index contributed by atoms with van der Waals surface area (Å²) in [5.74, 6) is 1.20. The van der Waals surface area contributed by atoms with Crippen molar-refractivity contribution in [3.05, 3.63) is 41.3 Å². The second-order valence-electron chi connectivity index (χ2n) is 3.08. The summed E-state index contributed by atoms with van der Waals surface area (Å²) in [6, 6.07) is 7.58. The Morgan fingerprint density at radius 1 is 1.15 bits per heavy atom. The van der Waals surface area contributed by atoms with E-state index in [1.807, 2.05) is 32.0 Å². The van der Waals surface area contributed by atoms with Gasteiger partial charge >= 0.3 is 0 Å². The van der Waals surface area contributed by atoms with Crippen LogP contribution in [0.2, 0.25) is 0 Å². The molecule has 0 nitrogen and oxygen atoms in total. The lowest BCUT2D eigenvalue weighted by atomic mass is 10.0. The number of halogens is 3. The van der Waals surface area contributed by atoms with Crippen molar-refractivity contribution in [1.29, 1.82) is 0 Å². The number of hydrogen-bond acceptors (Lipinski definition) is 0. The number of rotatable bonds is 1. The van der Waals surface area contributed by atoms with Crippen LogP contribution in [0.15, 0.2) is 24.3 Å². The van der Waals surface area contributed by atoms with Gasteiger partial charge in [0.1, 0.15) is 0 Å². The molecule has 71 valence electrons. The van der Waals surface area contributed by atoms with Crippen LogP contribution in [0.3, 0.4) is 0 Å². The zero-order chi connectivity index (χ0) is 10.1. The van der Waals surface area contributed by atoms with Crippen LogP contribution in [0, 0.1) is 5.92 Å². The van der Waals surface area contributed by atoms with Crippen LogP contribution in [0.25, 0.3) is 0 Å². The molecule has 0 unspecified atom stereocenters. The molecule has 0 aliphatic rings. The minimum atomic E-state index is -1.33. The van der Waals surface area contributed by atoms with Crippen LogP contribution in [0.1, 0.15) is 25.0 Å². The molecule has 0 aliphatic heterocycles. The second-order valence-corrected chi connectivity index (χ2v) is 5.36. The molecular weight excluding hydrogens is 226 g/mol. The molecule has 0 aromatic heterocycles. The van der Waals surface area contributed by atoms with Crippen molar-refractivity contribution in [3.63, 3.8) is 0 Å². The van der Waals surface area contributed by atoms with E-state index in [1.165, 1.54) is 5.92 Å². The molecule has 3 heteroatoms. The first-order chi connectivity index (χ1) is 5.91. The van der Waals surface area contributed by atoms with E-state index in [-0.39, 0.29) is 0 Å². The average molecular weight is 237 g/mol. The van der Waals surface area contributed by atoms with Gasteiger partial charge < -0.3 is 0 Å². The molecule has 0 bridgehead atoms. The minimum absolute atomic E-state index is 0.705. The maximum Gasteiger partial charge on any atom is 0.216 e. The number of benzene rings is 1. The molecule has 1 aromatic rings. The van der Waals surface area contributed by atoms with Crippen molar-refractivity contribution >= 4 is 34.8 Å². The van der Waals surface area contributed by atoms with Gasteiger partial charge in [-0.15, -0.1) is 0 Å². The predicted molar refractivity (Wildman–Crippen MR) is 59.4 cm³/mol. The Labute approximate surface area is 93.8 Å². The molecular formula is C10H10Cl3. The molecule has 1 rings (SSSR count). The molecule has 0 N–H and O–H groups in total. The van der Waals surface area contributed by atoms with Gasteiger partial charge in [-0.25, -0.2) is 0 Å². The largest absolute Gasteiger partial charge is 0.216 e. The Bertz CT molecular complexity index is 286. The van der Waals surface area contributed by atoms with E-state index in [2.05, 4.69) is 0 Å². The minimum Gasteiger partial charge on any atom is -0.0784 e. The zero-order valence-electron chi connectivity index (χ0n) is 7.44. The molecule has 0 saturated carbocycles. The molecule has 0 spiro atoms. The van der Waals surface area contributed by atoms with Crippen LogP contribution in [0.5, 0.6) is 0 Å². The fourth-order valence-electron chi connectivity index (χ4n) is 1.01. The SMILES string of the molecule is C[C](C)c1cccc(C(Cl)(Cl)Cl)c1. The van der Waals surface area contributed by atoms with E-state index in [9.17, 15) is 0 Å². The molecule has 0 saturated heterocycles. The van der Waals surface area contributed by atoms with Crippen LogP contribution in [-0.4, -0.2) is 0 Å². The molecule has 0 heterocycles. The van der Waals surface area contributed by atoms with E-state index in [0.717, 1.165) is 5.56 Å². The fraction of sp³-hybridized carbons (Fsp3) is 0.300. The first kappa shape index (κ1) is 11.2. The summed E-state index contributed by atoms with van der Waals surface area (Å²) in [6.45, 7) is 4.05. The van der Waals surface area contributed by atoms with Gasteiger partial charge in [-0.1, -0.05) is 72.9 Å². The summed E-state index contributed by atoms with van der Waals surface area (Å²) in [6.07, 6.45) is 0. The van der Waals surface area contributed by atoms with Crippen LogP contribution >= 0.6 is 34.8 Å². The molecule has 0 amide bonds. The first-order valence-electron chi connectivity index (χ1n) is 3.89. The van der Waals surface area contributed by atoms with Gasteiger partial charge in [-0.05, 0) is 11.5 Å². The third kappa shape index (κ3) is 3.05. The average Bonchev–Trinajstić information content (AvgIpc) is 2.03. The van der Waals surface area contributed by atoms with Gasteiger partial charge in [0.15, 0.2) is 0 Å². The Hall–Kier alpha value is 0.0900. The maximum absolute atomic E-state index is 5.76. The topological polar surface area (TPSA) is 0 Å². The highest BCUT2D eigenvalue weighted by Crippen LogP contribution is 2.38. The van der Waals surface area contributed by atoms with E-state index in [4.69, 9.17) is 34.8 Å². The summed E-state index contributed by atoms with van der Waals surface area (Å²) >= 11 is 17.3. The van der Waals surface area contributed by atoms with Crippen molar-refractivity contribution in [2.45, 2.75) is 17.6 Å². The third-order valence-electron chi connectivity index (χ3n) is 1.77. The Morgan fingerprint density at radius 2 is 1.77 bits per heavy atom. The molecule has 0 fully saturated rings. The summed E-state index contributed by atoms with van der Waals surface area (Å²) in [7, 11) is 0. The van der Waals surface area contributed by atoms with Gasteiger partial charge in [0.05, 0.1) is 0 Å². The van der Waals surface area contributed by atoms with Crippen LogP contribution in [-0.2, 0) is 3.79 Å². The number of alkyl halides is 3. The fourth-order valence-corrected chi connectivity index (χ4v) is 1.36. The Balaban J connectivity index is 3.06. The summed E-state index contributed by atoms with van der Waals surface area (Å²) in [4.78, 5) is 0. The zero-order valence-corrected chi connectivity index (χ0v) is 9.71. The van der Waals surface area contributed by atoms with Gasteiger partial charge in [0, 0.05) is 5.56 Å². The summed E-state index contributed by atoms with van der Waals surface area (Å²) in [5.41, 5.74) is 1.81. The molecule has 1 radical (unpaired) electrons. The van der Waals surface area contributed by atoms with Crippen LogP contribution in [0.4, 0.5) is 0 Å². The van der Waals surface area contributed by atoms with E-state index in [1.54, 1.807) is 6.07 Å². The lowest BCUT2D eigenvalue weighted by Crippen LogP contribution is -2.01. The second kappa shape index (κ2) is 4.08. The summed E-state index contributed by atoms with van der Waals surface area (Å²) < 4.78 is -1.33. The lowest BCUT2D eigenvalue weighted by Gasteiger charge is -2.13. The van der Waals surface area contributed by atoms with Crippen molar-refractivity contribution < 1.29 is 0 Å². The van der Waals surface area contributed by atoms with Crippen LogP contribution < -0.4 is 0 Å². The van der Waals surface area contributed by atoms with Crippen molar-refractivity contribution in [3.8, 4) is 0 Å². The highest BCUT2D eigenvalue weighted by atomic mass is 35.6. The molecule has 0 atom stereocenters. The highest BCUT2D eigenvalue weighted by Gasteiger charge is 2.22. The first-order valence-corrected chi connectivity index (χ1v) is 5.02. The monoisotopic (exact) mass is 235 g/mol. The van der Waals surface area contributed by atoms with Gasteiger partial charge in [0.2, 0.25) is 3.79 Å². The quantitative estimate of drug-likeness (QED) is 0.631. The molecule has 0 aliphatic carbocycles. The van der Waals surface area contributed by atoms with E-state index < -0.39 is 3.79 Å². The standard InChI is InChI=1S/C10H10Cl3/c1-7(2)8-4-3-5-9(6-8)10(11,12)13/h3-6H,1-2H3. The maximum atomic E-state index is 5.76. The Kier molecular flexibility index (Phi) is 3.50. The van der Waals surface area contributed by atoms with Gasteiger partial charge in [-0.3, -0.25) is 0 Å². The normalized spacial score (nSPS) is 12.2. The highest BCUT2D eigenvalue weighted by molar-refractivity contribution is 6.66. The van der Waals surface area contributed by atoms with E-state index >= 15 is 0 Å². The lowest BCUT2D eigenvalue weighted by molar-refractivity contribution is 1.12. The number of hydrogen-bond donors (Lipinski definition) is 0. The summed E-state index contributed by atoms with van der Waals surface area (Å²) in [5, 5.41) is 0. The Morgan fingerprint density at radius 3 is 2.23 bits per heavy atom.